The number of hydrogen-bond acceptors (Lipinski definition) is 3. The number of carbonyl (C=O) groups is 1. The van der Waals surface area contributed by atoms with Crippen molar-refractivity contribution < 1.29 is 22.7 Å². The van der Waals surface area contributed by atoms with E-state index in [0.717, 1.165) is 17.7 Å². The van der Waals surface area contributed by atoms with Crippen molar-refractivity contribution in [1.82, 2.24) is 5.32 Å². The van der Waals surface area contributed by atoms with Gasteiger partial charge in [-0.2, -0.15) is 13.2 Å². The number of hydrogen-bond donors (Lipinski definition) is 1. The summed E-state index contributed by atoms with van der Waals surface area (Å²) in [5.74, 6) is -0.385. The smallest absolute Gasteiger partial charge is 0.416 e. The van der Waals surface area contributed by atoms with E-state index in [1.165, 1.54) is 13.2 Å². The Morgan fingerprint density at radius 2 is 1.79 bits per heavy atom. The third kappa shape index (κ3) is 5.09. The molecule has 0 radical (unpaired) electrons. The molecule has 0 aliphatic carbocycles. The predicted octanol–water partition coefficient (Wildman–Crippen LogP) is 3.82. The van der Waals surface area contributed by atoms with Crippen molar-refractivity contribution in [3.63, 3.8) is 0 Å². The fourth-order valence-corrected chi connectivity index (χ4v) is 2.25. The predicted molar refractivity (Wildman–Crippen MR) is 84.6 cm³/mol. The van der Waals surface area contributed by atoms with Crippen LogP contribution < -0.4 is 5.32 Å². The van der Waals surface area contributed by atoms with E-state index in [4.69, 9.17) is 0 Å². The molecule has 128 valence electrons. The van der Waals surface area contributed by atoms with Gasteiger partial charge in [-0.25, -0.2) is 4.79 Å². The molecule has 6 heteroatoms. The largest absolute Gasteiger partial charge is 0.465 e. The highest BCUT2D eigenvalue weighted by molar-refractivity contribution is 5.89. The number of nitrogens with one attached hydrogen (secondary N) is 1. The molecule has 0 saturated heterocycles. The molecule has 0 bridgehead atoms. The van der Waals surface area contributed by atoms with Gasteiger partial charge in [0.1, 0.15) is 0 Å². The number of benzene rings is 2. The Labute approximate surface area is 138 Å². The molecular formula is C18H18F3NO2. The number of carbonyl (C=O) groups excluding carboxylic acids is 1. The van der Waals surface area contributed by atoms with Gasteiger partial charge in [-0.1, -0.05) is 30.3 Å². The van der Waals surface area contributed by atoms with E-state index in [2.05, 4.69) is 10.1 Å². The van der Waals surface area contributed by atoms with Crippen LogP contribution in [0, 0.1) is 0 Å². The molecule has 0 heterocycles. The zero-order valence-electron chi connectivity index (χ0n) is 13.2. The number of methoxy groups -OCH3 is 1. The van der Waals surface area contributed by atoms with E-state index < -0.39 is 11.7 Å². The first-order valence-electron chi connectivity index (χ1n) is 7.44. The molecule has 3 nitrogen and oxygen atoms in total. The maximum absolute atomic E-state index is 12.6. The minimum atomic E-state index is -4.32. The van der Waals surface area contributed by atoms with Crippen LogP contribution >= 0.6 is 0 Å². The van der Waals surface area contributed by atoms with Crippen LogP contribution in [0.3, 0.4) is 0 Å². The van der Waals surface area contributed by atoms with Crippen LogP contribution in [0.4, 0.5) is 13.2 Å². The van der Waals surface area contributed by atoms with Gasteiger partial charge in [0.05, 0.1) is 18.2 Å². The number of esters is 1. The lowest BCUT2D eigenvalue weighted by Crippen LogP contribution is -2.17. The second-order valence-electron chi connectivity index (χ2n) is 5.31. The van der Waals surface area contributed by atoms with Crippen LogP contribution in [-0.4, -0.2) is 19.6 Å². The highest BCUT2D eigenvalue weighted by Gasteiger charge is 2.30. The summed E-state index contributed by atoms with van der Waals surface area (Å²) in [6.07, 6.45) is -3.61. The van der Waals surface area contributed by atoms with E-state index in [1.54, 1.807) is 18.2 Å². The Morgan fingerprint density at radius 1 is 1.08 bits per heavy atom. The van der Waals surface area contributed by atoms with Gasteiger partial charge >= 0.3 is 12.1 Å². The lowest BCUT2D eigenvalue weighted by Gasteiger charge is -2.09. The van der Waals surface area contributed by atoms with Crippen LogP contribution in [0.15, 0.2) is 48.5 Å². The monoisotopic (exact) mass is 337 g/mol. The number of alkyl halides is 3. The summed E-state index contributed by atoms with van der Waals surface area (Å²) < 4.78 is 42.5. The Kier molecular flexibility index (Phi) is 5.98. The molecule has 0 fully saturated rings. The first-order chi connectivity index (χ1) is 11.4. The molecule has 0 amide bonds. The van der Waals surface area contributed by atoms with Gasteiger partial charge in [-0.15, -0.1) is 0 Å². The van der Waals surface area contributed by atoms with E-state index in [0.29, 0.717) is 30.6 Å². The van der Waals surface area contributed by atoms with Gasteiger partial charge in [0.2, 0.25) is 0 Å². The van der Waals surface area contributed by atoms with Crippen molar-refractivity contribution in [2.45, 2.75) is 19.1 Å². The highest BCUT2D eigenvalue weighted by Crippen LogP contribution is 2.29. The van der Waals surface area contributed by atoms with Crippen molar-refractivity contribution in [3.05, 3.63) is 70.8 Å². The Bertz CT molecular complexity index is 681. The Balaban J connectivity index is 1.82. The average Bonchev–Trinajstić information content (AvgIpc) is 2.58. The molecule has 2 aromatic carbocycles. The molecule has 0 aliphatic heterocycles. The standard InChI is InChI=1S/C18H18F3NO2/c1-24-17(23)15-7-5-13(6-8-15)9-10-22-12-14-3-2-4-16(11-14)18(19,20)21/h2-8,11,22H,9-10,12H2,1H3. The van der Waals surface area contributed by atoms with Gasteiger partial charge in [-0.3, -0.25) is 0 Å². The summed E-state index contributed by atoms with van der Waals surface area (Å²) in [7, 11) is 1.33. The molecule has 24 heavy (non-hydrogen) atoms. The van der Waals surface area contributed by atoms with E-state index in [1.807, 2.05) is 12.1 Å². The second-order valence-corrected chi connectivity index (χ2v) is 5.31. The van der Waals surface area contributed by atoms with Gasteiger partial charge in [-0.05, 0) is 42.3 Å². The summed E-state index contributed by atoms with van der Waals surface area (Å²) in [4.78, 5) is 11.3. The molecule has 0 unspecified atom stereocenters. The van der Waals surface area contributed by atoms with Gasteiger partial charge in [0, 0.05) is 6.54 Å². The van der Waals surface area contributed by atoms with Crippen molar-refractivity contribution in [3.8, 4) is 0 Å². The number of ether oxygens (including phenoxy) is 1. The summed E-state index contributed by atoms with van der Waals surface area (Å²) in [6, 6.07) is 12.3. The molecule has 1 N–H and O–H groups in total. The van der Waals surface area contributed by atoms with Gasteiger partial charge < -0.3 is 10.1 Å². The normalized spacial score (nSPS) is 11.3. The zero-order chi connectivity index (χ0) is 17.6. The fourth-order valence-electron chi connectivity index (χ4n) is 2.25. The van der Waals surface area contributed by atoms with Crippen LogP contribution in [0.5, 0.6) is 0 Å². The lowest BCUT2D eigenvalue weighted by molar-refractivity contribution is -0.137. The van der Waals surface area contributed by atoms with Crippen molar-refractivity contribution >= 4 is 5.97 Å². The van der Waals surface area contributed by atoms with Crippen LogP contribution in [-0.2, 0) is 23.9 Å². The van der Waals surface area contributed by atoms with Crippen LogP contribution in [0.25, 0.3) is 0 Å². The Morgan fingerprint density at radius 3 is 2.42 bits per heavy atom. The first-order valence-corrected chi connectivity index (χ1v) is 7.44. The molecule has 2 rings (SSSR count). The van der Waals surface area contributed by atoms with E-state index >= 15 is 0 Å². The van der Waals surface area contributed by atoms with Crippen molar-refractivity contribution in [1.29, 1.82) is 0 Å². The minimum absolute atomic E-state index is 0.365. The Hall–Kier alpha value is -2.34. The minimum Gasteiger partial charge on any atom is -0.465 e. The zero-order valence-corrected chi connectivity index (χ0v) is 13.2. The first kappa shape index (κ1) is 18.0. The van der Waals surface area contributed by atoms with E-state index in [9.17, 15) is 18.0 Å². The lowest BCUT2D eigenvalue weighted by atomic mass is 10.1. The molecule has 0 saturated carbocycles. The third-order valence-corrected chi connectivity index (χ3v) is 3.55. The third-order valence-electron chi connectivity index (χ3n) is 3.55. The number of rotatable bonds is 6. The second kappa shape index (κ2) is 7.97. The molecule has 0 atom stereocenters. The van der Waals surface area contributed by atoms with Crippen LogP contribution in [0.2, 0.25) is 0 Å². The van der Waals surface area contributed by atoms with Gasteiger partial charge in [0.15, 0.2) is 0 Å². The molecule has 0 aromatic heterocycles. The van der Waals surface area contributed by atoms with Crippen LogP contribution in [0.1, 0.15) is 27.0 Å². The summed E-state index contributed by atoms with van der Waals surface area (Å²) in [6.45, 7) is 0.984. The SMILES string of the molecule is COC(=O)c1ccc(CCNCc2cccc(C(F)(F)F)c2)cc1. The summed E-state index contributed by atoms with van der Waals surface area (Å²) in [5, 5.41) is 3.12. The van der Waals surface area contributed by atoms with Crippen molar-refractivity contribution in [2.75, 3.05) is 13.7 Å². The topological polar surface area (TPSA) is 38.3 Å². The average molecular weight is 337 g/mol. The molecule has 0 aliphatic rings. The summed E-state index contributed by atoms with van der Waals surface area (Å²) in [5.41, 5.74) is 1.46. The van der Waals surface area contributed by atoms with Gasteiger partial charge in [0.25, 0.3) is 0 Å². The van der Waals surface area contributed by atoms with Crippen molar-refractivity contribution in [2.24, 2.45) is 0 Å². The maximum Gasteiger partial charge on any atom is 0.416 e. The fraction of sp³-hybridized carbons (Fsp3) is 0.278. The molecule has 0 spiro atoms. The molecule has 2 aromatic rings. The number of halogens is 3. The highest BCUT2D eigenvalue weighted by atomic mass is 19.4. The molecular weight excluding hydrogens is 319 g/mol. The maximum atomic E-state index is 12.6. The van der Waals surface area contributed by atoms with E-state index in [-0.39, 0.29) is 5.97 Å². The summed E-state index contributed by atoms with van der Waals surface area (Å²) >= 11 is 0. The quantitative estimate of drug-likeness (QED) is 0.643.